The van der Waals surface area contributed by atoms with Gasteiger partial charge in [0.15, 0.2) is 0 Å². The monoisotopic (exact) mass is 351 g/mol. The number of pyridine rings is 1. The number of nitrogens with one attached hydrogen (secondary N) is 1. The van der Waals surface area contributed by atoms with Crippen LogP contribution in [-0.4, -0.2) is 57.4 Å². The molecule has 0 aliphatic carbocycles. The Balaban J connectivity index is 1.45. The van der Waals surface area contributed by atoms with Crippen LogP contribution in [0.15, 0.2) is 48.9 Å². The fourth-order valence-corrected chi connectivity index (χ4v) is 2.73. The van der Waals surface area contributed by atoms with Crippen LogP contribution in [0.3, 0.4) is 0 Å². The van der Waals surface area contributed by atoms with E-state index < -0.39 is 0 Å². The first-order valence-electron chi connectivity index (χ1n) is 8.23. The summed E-state index contributed by atoms with van der Waals surface area (Å²) in [5, 5.41) is 13.8. The molecular formula is C17H17N7O2. The SMILES string of the molecule is O=C(Nc1ccc(N2CCOCC2)cn1)c1cccc(-n2cnnn2)c1. The molecule has 9 nitrogen and oxygen atoms in total. The lowest BCUT2D eigenvalue weighted by molar-refractivity contribution is 0.102. The quantitative estimate of drug-likeness (QED) is 0.753. The number of hydrogen-bond donors (Lipinski definition) is 1. The minimum atomic E-state index is -0.244. The van der Waals surface area contributed by atoms with Crippen LogP contribution in [0.25, 0.3) is 5.69 Å². The summed E-state index contributed by atoms with van der Waals surface area (Å²) in [4.78, 5) is 19.0. The van der Waals surface area contributed by atoms with E-state index in [1.165, 1.54) is 11.0 Å². The molecule has 0 unspecified atom stereocenters. The van der Waals surface area contributed by atoms with E-state index in [4.69, 9.17) is 4.74 Å². The largest absolute Gasteiger partial charge is 0.378 e. The number of amides is 1. The Kier molecular flexibility index (Phi) is 4.52. The molecule has 1 aliphatic rings. The van der Waals surface area contributed by atoms with Crippen LogP contribution < -0.4 is 10.2 Å². The topological polar surface area (TPSA) is 98.1 Å². The Morgan fingerprint density at radius 3 is 2.73 bits per heavy atom. The summed E-state index contributed by atoms with van der Waals surface area (Å²) in [5.41, 5.74) is 2.22. The third kappa shape index (κ3) is 3.52. The van der Waals surface area contributed by atoms with Crippen molar-refractivity contribution in [2.24, 2.45) is 0 Å². The number of rotatable bonds is 4. The predicted octanol–water partition coefficient (Wildman–Crippen LogP) is 1.15. The molecule has 0 bridgehead atoms. The summed E-state index contributed by atoms with van der Waals surface area (Å²) in [5.74, 6) is 0.256. The summed E-state index contributed by atoms with van der Waals surface area (Å²) in [6, 6.07) is 10.8. The summed E-state index contributed by atoms with van der Waals surface area (Å²) in [6.45, 7) is 3.13. The molecule has 1 aliphatic heterocycles. The van der Waals surface area contributed by atoms with Gasteiger partial charge in [0.1, 0.15) is 12.1 Å². The summed E-state index contributed by atoms with van der Waals surface area (Å²) >= 11 is 0. The summed E-state index contributed by atoms with van der Waals surface area (Å²) < 4.78 is 6.84. The van der Waals surface area contributed by atoms with Crippen molar-refractivity contribution in [2.45, 2.75) is 0 Å². The number of hydrogen-bond acceptors (Lipinski definition) is 7. The van der Waals surface area contributed by atoms with E-state index in [9.17, 15) is 4.79 Å². The van der Waals surface area contributed by atoms with Gasteiger partial charge in [-0.1, -0.05) is 6.07 Å². The van der Waals surface area contributed by atoms with Crippen molar-refractivity contribution in [3.63, 3.8) is 0 Å². The molecule has 1 amide bonds. The highest BCUT2D eigenvalue weighted by molar-refractivity contribution is 6.04. The van der Waals surface area contributed by atoms with E-state index in [-0.39, 0.29) is 5.91 Å². The number of morpholine rings is 1. The third-order valence-corrected chi connectivity index (χ3v) is 4.09. The van der Waals surface area contributed by atoms with E-state index in [1.807, 2.05) is 12.1 Å². The second kappa shape index (κ2) is 7.28. The van der Waals surface area contributed by atoms with E-state index >= 15 is 0 Å². The summed E-state index contributed by atoms with van der Waals surface area (Å²) in [7, 11) is 0. The highest BCUT2D eigenvalue weighted by Gasteiger charge is 2.12. The zero-order valence-corrected chi connectivity index (χ0v) is 13.9. The first kappa shape index (κ1) is 16.2. The molecule has 1 fully saturated rings. The lowest BCUT2D eigenvalue weighted by atomic mass is 10.2. The molecule has 9 heteroatoms. The van der Waals surface area contributed by atoms with Gasteiger partial charge in [-0.2, -0.15) is 0 Å². The molecule has 0 saturated carbocycles. The molecule has 3 aromatic rings. The molecule has 0 atom stereocenters. The van der Waals surface area contributed by atoms with Crippen molar-refractivity contribution < 1.29 is 9.53 Å². The minimum Gasteiger partial charge on any atom is -0.378 e. The maximum Gasteiger partial charge on any atom is 0.256 e. The molecule has 0 spiro atoms. The van der Waals surface area contributed by atoms with Gasteiger partial charge in [0.25, 0.3) is 5.91 Å². The van der Waals surface area contributed by atoms with Gasteiger partial charge in [0, 0.05) is 18.7 Å². The van der Waals surface area contributed by atoms with Crippen LogP contribution in [0.1, 0.15) is 10.4 Å². The fraction of sp³-hybridized carbons (Fsp3) is 0.235. The normalized spacial score (nSPS) is 14.2. The Hall–Kier alpha value is -3.33. The van der Waals surface area contributed by atoms with Crippen molar-refractivity contribution in [1.82, 2.24) is 25.2 Å². The van der Waals surface area contributed by atoms with Gasteiger partial charge in [0.2, 0.25) is 0 Å². The second-order valence-electron chi connectivity index (χ2n) is 5.76. The van der Waals surface area contributed by atoms with E-state index in [1.54, 1.807) is 30.5 Å². The van der Waals surface area contributed by atoms with Gasteiger partial charge in [-0.25, -0.2) is 9.67 Å². The van der Waals surface area contributed by atoms with Crippen LogP contribution in [0.2, 0.25) is 0 Å². The molecular weight excluding hydrogens is 334 g/mol. The number of benzene rings is 1. The minimum absolute atomic E-state index is 0.244. The number of nitrogens with zero attached hydrogens (tertiary/aromatic N) is 6. The van der Waals surface area contributed by atoms with Crippen LogP contribution in [0.5, 0.6) is 0 Å². The third-order valence-electron chi connectivity index (χ3n) is 4.09. The maximum atomic E-state index is 12.5. The van der Waals surface area contributed by atoms with E-state index in [0.29, 0.717) is 17.1 Å². The molecule has 1 saturated heterocycles. The van der Waals surface area contributed by atoms with Gasteiger partial charge in [-0.3, -0.25) is 4.79 Å². The van der Waals surface area contributed by atoms with E-state index in [2.05, 4.69) is 30.7 Å². The van der Waals surface area contributed by atoms with Gasteiger partial charge in [-0.15, -0.1) is 5.10 Å². The first-order chi connectivity index (χ1) is 12.8. The molecule has 132 valence electrons. The maximum absolute atomic E-state index is 12.5. The van der Waals surface area contributed by atoms with Gasteiger partial charge >= 0.3 is 0 Å². The second-order valence-corrected chi connectivity index (χ2v) is 5.76. The molecule has 4 rings (SSSR count). The predicted molar refractivity (Wildman–Crippen MR) is 94.4 cm³/mol. The van der Waals surface area contributed by atoms with Gasteiger partial charge in [-0.05, 0) is 40.8 Å². The molecule has 26 heavy (non-hydrogen) atoms. The van der Waals surface area contributed by atoms with Crippen LogP contribution >= 0.6 is 0 Å². The lowest BCUT2D eigenvalue weighted by Crippen LogP contribution is -2.36. The number of anilines is 2. The number of ether oxygens (including phenoxy) is 1. The molecule has 1 N–H and O–H groups in total. The Bertz CT molecular complexity index is 874. The Labute approximate surface area is 149 Å². The van der Waals surface area contributed by atoms with Crippen molar-refractivity contribution in [3.05, 3.63) is 54.5 Å². The van der Waals surface area contributed by atoms with Crippen molar-refractivity contribution in [2.75, 3.05) is 36.5 Å². The van der Waals surface area contributed by atoms with Gasteiger partial charge < -0.3 is 15.0 Å². The number of carbonyl (C=O) groups excluding carboxylic acids is 1. The highest BCUT2D eigenvalue weighted by Crippen LogP contribution is 2.17. The van der Waals surface area contributed by atoms with Crippen molar-refractivity contribution in [3.8, 4) is 5.69 Å². The standard InChI is InChI=1S/C17H17N7O2/c25-17(13-2-1-3-14(10-13)24-12-19-21-22-24)20-16-5-4-15(11-18-16)23-6-8-26-9-7-23/h1-5,10-12H,6-9H2,(H,18,20,25). The highest BCUT2D eigenvalue weighted by atomic mass is 16.5. The zero-order chi connectivity index (χ0) is 17.8. The van der Waals surface area contributed by atoms with Crippen LogP contribution in [0.4, 0.5) is 11.5 Å². The first-order valence-corrected chi connectivity index (χ1v) is 8.23. The zero-order valence-electron chi connectivity index (χ0n) is 13.9. The fourth-order valence-electron chi connectivity index (χ4n) is 2.73. The average molecular weight is 351 g/mol. The average Bonchev–Trinajstić information content (AvgIpc) is 3.24. The number of carbonyl (C=O) groups is 1. The van der Waals surface area contributed by atoms with Crippen LogP contribution in [-0.2, 0) is 4.74 Å². The summed E-state index contributed by atoms with van der Waals surface area (Å²) in [6.07, 6.45) is 3.24. The van der Waals surface area contributed by atoms with Crippen molar-refractivity contribution in [1.29, 1.82) is 0 Å². The molecule has 2 aromatic heterocycles. The molecule has 3 heterocycles. The van der Waals surface area contributed by atoms with Gasteiger partial charge in [0.05, 0.1) is 30.8 Å². The Morgan fingerprint density at radius 1 is 1.12 bits per heavy atom. The molecule has 1 aromatic carbocycles. The van der Waals surface area contributed by atoms with Crippen molar-refractivity contribution >= 4 is 17.4 Å². The lowest BCUT2D eigenvalue weighted by Gasteiger charge is -2.28. The van der Waals surface area contributed by atoms with E-state index in [0.717, 1.165) is 32.0 Å². The number of aromatic nitrogens is 5. The smallest absolute Gasteiger partial charge is 0.256 e. The Morgan fingerprint density at radius 2 is 2.00 bits per heavy atom. The van der Waals surface area contributed by atoms with Crippen LogP contribution in [0, 0.1) is 0 Å². The molecule has 0 radical (unpaired) electrons. The number of tetrazole rings is 1.